The second kappa shape index (κ2) is 2.96. The van der Waals surface area contributed by atoms with E-state index in [9.17, 15) is 0 Å². The van der Waals surface area contributed by atoms with Crippen LogP contribution in [0.1, 0.15) is 25.5 Å². The van der Waals surface area contributed by atoms with Gasteiger partial charge in [-0.2, -0.15) is 4.98 Å². The molecule has 0 unspecified atom stereocenters. The number of fused-ring (bicyclic) bond motifs is 1. The maximum absolute atomic E-state index is 5.73. The zero-order valence-electron chi connectivity index (χ0n) is 7.37. The molecule has 4 nitrogen and oxygen atoms in total. The van der Waals surface area contributed by atoms with Crippen molar-refractivity contribution in [3.63, 3.8) is 0 Å². The van der Waals surface area contributed by atoms with Gasteiger partial charge >= 0.3 is 0 Å². The number of rotatable bonds is 1. The smallest absolute Gasteiger partial charge is 0.202 e. The van der Waals surface area contributed by atoms with Gasteiger partial charge in [-0.1, -0.05) is 13.8 Å². The third kappa shape index (κ3) is 1.37. The number of H-pyrrole nitrogens is 1. The molecule has 0 bridgehead atoms. The van der Waals surface area contributed by atoms with Crippen LogP contribution in [0.3, 0.4) is 0 Å². The second-order valence-electron chi connectivity index (χ2n) is 3.14. The Morgan fingerprint density at radius 3 is 2.85 bits per heavy atom. The number of hydrogen-bond donors (Lipinski definition) is 1. The Kier molecular flexibility index (Phi) is 1.92. The van der Waals surface area contributed by atoms with Crippen LogP contribution in [0.5, 0.6) is 0 Å². The minimum Gasteiger partial charge on any atom is -0.326 e. The molecule has 2 rings (SSSR count). The highest BCUT2D eigenvalue weighted by Gasteiger charge is 2.10. The SMILES string of the molecule is CC(C)c1ncnc2nc(Cl)[nH]c12. The van der Waals surface area contributed by atoms with Crippen LogP contribution < -0.4 is 0 Å². The van der Waals surface area contributed by atoms with Crippen molar-refractivity contribution in [1.29, 1.82) is 0 Å². The number of aromatic nitrogens is 4. The normalized spacial score (nSPS) is 11.4. The van der Waals surface area contributed by atoms with E-state index in [-0.39, 0.29) is 0 Å². The van der Waals surface area contributed by atoms with Crippen molar-refractivity contribution in [3.8, 4) is 0 Å². The maximum Gasteiger partial charge on any atom is 0.202 e. The summed E-state index contributed by atoms with van der Waals surface area (Å²) in [5.74, 6) is 0.335. The molecule has 0 aliphatic carbocycles. The van der Waals surface area contributed by atoms with E-state index >= 15 is 0 Å². The minimum atomic E-state index is 0.335. The maximum atomic E-state index is 5.73. The Morgan fingerprint density at radius 1 is 1.38 bits per heavy atom. The highest BCUT2D eigenvalue weighted by Crippen LogP contribution is 2.20. The van der Waals surface area contributed by atoms with Gasteiger partial charge in [-0.05, 0) is 17.5 Å². The van der Waals surface area contributed by atoms with E-state index in [1.165, 1.54) is 6.33 Å². The fraction of sp³-hybridized carbons (Fsp3) is 0.375. The Morgan fingerprint density at radius 2 is 2.15 bits per heavy atom. The molecule has 0 radical (unpaired) electrons. The van der Waals surface area contributed by atoms with Crippen LogP contribution in [0.2, 0.25) is 5.28 Å². The monoisotopic (exact) mass is 196 g/mol. The molecule has 5 heteroatoms. The van der Waals surface area contributed by atoms with Gasteiger partial charge in [0.15, 0.2) is 5.65 Å². The molecule has 0 aliphatic heterocycles. The van der Waals surface area contributed by atoms with E-state index < -0.39 is 0 Å². The van der Waals surface area contributed by atoms with E-state index in [2.05, 4.69) is 33.8 Å². The number of halogens is 1. The first-order valence-electron chi connectivity index (χ1n) is 4.04. The van der Waals surface area contributed by atoms with Gasteiger partial charge in [-0.25, -0.2) is 9.97 Å². The standard InChI is InChI=1S/C8H9ClN4/c1-4(2)5-6-7(11-3-10-5)13-8(9)12-6/h3-4H,1-2H3,(H,10,11,12,13). The quantitative estimate of drug-likeness (QED) is 0.711. The van der Waals surface area contributed by atoms with Crippen molar-refractivity contribution in [2.75, 3.05) is 0 Å². The molecule has 68 valence electrons. The Labute approximate surface area is 80.4 Å². The van der Waals surface area contributed by atoms with E-state index in [1.54, 1.807) is 0 Å². The summed E-state index contributed by atoms with van der Waals surface area (Å²) < 4.78 is 0. The zero-order chi connectivity index (χ0) is 9.42. The summed E-state index contributed by atoms with van der Waals surface area (Å²) in [6.07, 6.45) is 1.51. The van der Waals surface area contributed by atoms with Gasteiger partial charge in [0, 0.05) is 0 Å². The summed E-state index contributed by atoms with van der Waals surface area (Å²) in [5.41, 5.74) is 2.41. The zero-order valence-corrected chi connectivity index (χ0v) is 8.13. The number of nitrogens with one attached hydrogen (secondary N) is 1. The van der Waals surface area contributed by atoms with Crippen LogP contribution in [0, 0.1) is 0 Å². The third-order valence-electron chi connectivity index (χ3n) is 1.84. The Balaban J connectivity index is 2.75. The topological polar surface area (TPSA) is 54.5 Å². The lowest BCUT2D eigenvalue weighted by Gasteiger charge is -2.02. The minimum absolute atomic E-state index is 0.335. The van der Waals surface area contributed by atoms with Gasteiger partial charge in [-0.15, -0.1) is 0 Å². The molecule has 2 heterocycles. The molecule has 0 aliphatic rings. The molecule has 13 heavy (non-hydrogen) atoms. The van der Waals surface area contributed by atoms with Crippen molar-refractivity contribution in [2.24, 2.45) is 0 Å². The van der Waals surface area contributed by atoms with Gasteiger partial charge in [0.2, 0.25) is 5.28 Å². The molecule has 2 aromatic heterocycles. The molecule has 1 N–H and O–H groups in total. The highest BCUT2D eigenvalue weighted by molar-refractivity contribution is 6.29. The molecule has 0 spiro atoms. The van der Waals surface area contributed by atoms with Crippen LogP contribution in [0.15, 0.2) is 6.33 Å². The highest BCUT2D eigenvalue weighted by atomic mass is 35.5. The predicted octanol–water partition coefficient (Wildman–Crippen LogP) is 2.13. The van der Waals surface area contributed by atoms with Gasteiger partial charge in [0.1, 0.15) is 11.8 Å². The molecule has 0 fully saturated rings. The van der Waals surface area contributed by atoms with Crippen LogP contribution in [0.4, 0.5) is 0 Å². The van der Waals surface area contributed by atoms with Crippen molar-refractivity contribution in [3.05, 3.63) is 17.3 Å². The number of nitrogens with zero attached hydrogens (tertiary/aromatic N) is 3. The first-order valence-corrected chi connectivity index (χ1v) is 4.42. The van der Waals surface area contributed by atoms with E-state index in [0.717, 1.165) is 11.2 Å². The first kappa shape index (κ1) is 8.44. The van der Waals surface area contributed by atoms with Crippen LogP contribution >= 0.6 is 11.6 Å². The van der Waals surface area contributed by atoms with Crippen molar-refractivity contribution >= 4 is 22.8 Å². The summed E-state index contributed by atoms with van der Waals surface area (Å²) in [4.78, 5) is 15.1. The summed E-state index contributed by atoms with van der Waals surface area (Å²) >= 11 is 5.73. The fourth-order valence-electron chi connectivity index (χ4n) is 1.26. The molecule has 0 atom stereocenters. The summed E-state index contributed by atoms with van der Waals surface area (Å²) in [5, 5.41) is 0.359. The van der Waals surface area contributed by atoms with Gasteiger partial charge < -0.3 is 4.98 Å². The van der Waals surface area contributed by atoms with E-state index in [1.807, 2.05) is 0 Å². The lowest BCUT2D eigenvalue weighted by atomic mass is 10.1. The molecule has 0 saturated carbocycles. The average molecular weight is 197 g/mol. The third-order valence-corrected chi connectivity index (χ3v) is 2.01. The Hall–Kier alpha value is -1.16. The summed E-state index contributed by atoms with van der Waals surface area (Å²) in [7, 11) is 0. The van der Waals surface area contributed by atoms with Gasteiger partial charge in [0.05, 0.1) is 5.69 Å². The van der Waals surface area contributed by atoms with Crippen LogP contribution in [0.25, 0.3) is 11.2 Å². The van der Waals surface area contributed by atoms with E-state index in [0.29, 0.717) is 16.8 Å². The number of aromatic amines is 1. The molecule has 2 aromatic rings. The molecule has 0 amide bonds. The van der Waals surface area contributed by atoms with E-state index in [4.69, 9.17) is 11.6 Å². The van der Waals surface area contributed by atoms with Gasteiger partial charge in [0.25, 0.3) is 0 Å². The molecule has 0 aromatic carbocycles. The molecule has 0 saturated heterocycles. The summed E-state index contributed by atoms with van der Waals surface area (Å²) in [6.45, 7) is 4.13. The first-order chi connectivity index (χ1) is 6.18. The van der Waals surface area contributed by atoms with Crippen molar-refractivity contribution < 1.29 is 0 Å². The number of imidazole rings is 1. The second-order valence-corrected chi connectivity index (χ2v) is 3.50. The Bertz CT molecular complexity index is 435. The molecular weight excluding hydrogens is 188 g/mol. The van der Waals surface area contributed by atoms with Gasteiger partial charge in [-0.3, -0.25) is 0 Å². The largest absolute Gasteiger partial charge is 0.326 e. The van der Waals surface area contributed by atoms with Crippen molar-refractivity contribution in [2.45, 2.75) is 19.8 Å². The average Bonchev–Trinajstić information content (AvgIpc) is 2.43. The predicted molar refractivity (Wildman–Crippen MR) is 50.8 cm³/mol. The summed E-state index contributed by atoms with van der Waals surface area (Å²) in [6, 6.07) is 0. The van der Waals surface area contributed by atoms with Crippen molar-refractivity contribution in [1.82, 2.24) is 19.9 Å². The lowest BCUT2D eigenvalue weighted by molar-refractivity contribution is 0.825. The van der Waals surface area contributed by atoms with Crippen LogP contribution in [-0.4, -0.2) is 19.9 Å². The van der Waals surface area contributed by atoms with Crippen LogP contribution in [-0.2, 0) is 0 Å². The lowest BCUT2D eigenvalue weighted by Crippen LogP contribution is -1.94. The molecular formula is C8H9ClN4. The number of hydrogen-bond acceptors (Lipinski definition) is 3. The fourth-order valence-corrected chi connectivity index (χ4v) is 1.43.